The molecule has 2 aromatic carbocycles. The summed E-state index contributed by atoms with van der Waals surface area (Å²) in [5.41, 5.74) is 0.0443. The van der Waals surface area contributed by atoms with Crippen molar-refractivity contribution in [2.75, 3.05) is 24.8 Å². The second-order valence-corrected chi connectivity index (χ2v) is 9.14. The Morgan fingerprint density at radius 2 is 1.88 bits per heavy atom. The minimum Gasteiger partial charge on any atom is -0.486 e. The number of benzene rings is 2. The molecule has 0 saturated heterocycles. The summed E-state index contributed by atoms with van der Waals surface area (Å²) < 4.78 is 14.3. The summed E-state index contributed by atoms with van der Waals surface area (Å²) in [6.45, 7) is 0.593. The van der Waals surface area contributed by atoms with Crippen LogP contribution in [0.3, 0.4) is 0 Å². The number of para-hydroxylation sites is 1. The molecule has 0 spiro atoms. The van der Waals surface area contributed by atoms with Crippen LogP contribution >= 0.6 is 23.1 Å². The quantitative estimate of drug-likeness (QED) is 0.436. The lowest BCUT2D eigenvalue weighted by molar-refractivity contribution is -0.116. The predicted octanol–water partition coefficient (Wildman–Crippen LogP) is 2.74. The van der Waals surface area contributed by atoms with E-state index in [1.807, 2.05) is 6.26 Å². The number of amides is 1. The molecule has 1 aliphatic rings. The summed E-state index contributed by atoms with van der Waals surface area (Å²) in [5, 5.41) is 2.78. The highest BCUT2D eigenvalue weighted by atomic mass is 32.2. The Hall–Kier alpha value is -3.57. The number of hydrogen-bond acceptors (Lipinski definition) is 8. The summed E-state index contributed by atoms with van der Waals surface area (Å²) in [5.74, 6) is 0.714. The van der Waals surface area contributed by atoms with Crippen LogP contribution in [0, 0.1) is 0 Å². The maximum atomic E-state index is 13.3. The average molecular weight is 483 g/mol. The van der Waals surface area contributed by atoms with Crippen molar-refractivity contribution >= 4 is 45.0 Å². The second-order valence-electron chi connectivity index (χ2n) is 7.09. The Morgan fingerprint density at radius 3 is 2.64 bits per heavy atom. The van der Waals surface area contributed by atoms with Crippen molar-refractivity contribution in [3.8, 4) is 17.2 Å². The van der Waals surface area contributed by atoms with E-state index in [1.54, 1.807) is 48.5 Å². The van der Waals surface area contributed by atoms with E-state index in [9.17, 15) is 14.4 Å². The molecule has 2 aromatic heterocycles. The van der Waals surface area contributed by atoms with Gasteiger partial charge in [-0.1, -0.05) is 30.0 Å². The number of carbonyl (C=O) groups is 1. The zero-order valence-corrected chi connectivity index (χ0v) is 19.1. The molecule has 33 heavy (non-hydrogen) atoms. The summed E-state index contributed by atoms with van der Waals surface area (Å²) in [7, 11) is 0. The highest BCUT2D eigenvalue weighted by molar-refractivity contribution is 8.00. The standard InChI is InChI=1S/C22H18N4O5S2/c1-32-21-24-19-18(33-21)20(28)26(14-5-3-2-4-6-14)22(29)25(19)12-17(27)23-13-7-8-15-16(11-13)31-10-9-30-15/h2-8,11H,9-10,12H2,1H3,(H,23,27). The van der Waals surface area contributed by atoms with Crippen LogP contribution in [0.5, 0.6) is 11.5 Å². The molecule has 11 heteroatoms. The van der Waals surface area contributed by atoms with Gasteiger partial charge in [-0.25, -0.2) is 14.3 Å². The number of thiazole rings is 1. The first-order chi connectivity index (χ1) is 16.0. The van der Waals surface area contributed by atoms with E-state index in [2.05, 4.69) is 10.3 Å². The second kappa shape index (κ2) is 8.75. The van der Waals surface area contributed by atoms with Crippen LogP contribution in [-0.4, -0.2) is 39.5 Å². The van der Waals surface area contributed by atoms with Gasteiger partial charge in [-0.3, -0.25) is 14.2 Å². The van der Waals surface area contributed by atoms with Gasteiger partial charge in [-0.15, -0.1) is 11.3 Å². The molecule has 5 rings (SSSR count). The molecule has 9 nitrogen and oxygen atoms in total. The van der Waals surface area contributed by atoms with Crippen molar-refractivity contribution in [1.82, 2.24) is 14.1 Å². The molecule has 1 N–H and O–H groups in total. The summed E-state index contributed by atoms with van der Waals surface area (Å²) in [4.78, 5) is 43.8. The number of anilines is 1. The molecule has 0 bridgehead atoms. The van der Waals surface area contributed by atoms with Crippen molar-refractivity contribution in [2.45, 2.75) is 10.9 Å². The highest BCUT2D eigenvalue weighted by Gasteiger charge is 2.21. The van der Waals surface area contributed by atoms with Crippen LogP contribution in [0.25, 0.3) is 16.0 Å². The van der Waals surface area contributed by atoms with Crippen LogP contribution in [0.4, 0.5) is 5.69 Å². The van der Waals surface area contributed by atoms with Crippen LogP contribution in [0.2, 0.25) is 0 Å². The largest absolute Gasteiger partial charge is 0.486 e. The minimum atomic E-state index is -0.631. The first-order valence-corrected chi connectivity index (χ1v) is 12.0. The normalized spacial score (nSPS) is 12.6. The number of carbonyl (C=O) groups excluding carboxylic acids is 1. The van der Waals surface area contributed by atoms with Crippen molar-refractivity contribution in [3.63, 3.8) is 0 Å². The third-order valence-corrected chi connectivity index (χ3v) is 7.00. The number of ether oxygens (including phenoxy) is 2. The van der Waals surface area contributed by atoms with Crippen LogP contribution < -0.4 is 26.0 Å². The molecular weight excluding hydrogens is 464 g/mol. The van der Waals surface area contributed by atoms with Crippen molar-refractivity contribution in [3.05, 3.63) is 69.4 Å². The lowest BCUT2D eigenvalue weighted by Crippen LogP contribution is -2.40. The molecular formula is C22H18N4O5S2. The summed E-state index contributed by atoms with van der Waals surface area (Å²) in [6.07, 6.45) is 1.84. The molecule has 1 amide bonds. The van der Waals surface area contributed by atoms with Crippen molar-refractivity contribution < 1.29 is 14.3 Å². The lowest BCUT2D eigenvalue weighted by Gasteiger charge is -2.19. The number of nitrogens with one attached hydrogen (secondary N) is 1. The zero-order chi connectivity index (χ0) is 22.9. The molecule has 1 aliphatic heterocycles. The van der Waals surface area contributed by atoms with Crippen LogP contribution in [0.15, 0.2) is 62.5 Å². The number of rotatable bonds is 5. The van der Waals surface area contributed by atoms with E-state index >= 15 is 0 Å². The van der Waals surface area contributed by atoms with Crippen molar-refractivity contribution in [1.29, 1.82) is 0 Å². The third kappa shape index (κ3) is 4.00. The van der Waals surface area contributed by atoms with Gasteiger partial charge in [-0.2, -0.15) is 0 Å². The molecule has 0 saturated carbocycles. The predicted molar refractivity (Wildman–Crippen MR) is 127 cm³/mol. The molecule has 3 heterocycles. The maximum Gasteiger partial charge on any atom is 0.337 e. The first-order valence-electron chi connectivity index (χ1n) is 10.0. The van der Waals surface area contributed by atoms with Gasteiger partial charge in [0.25, 0.3) is 5.56 Å². The van der Waals surface area contributed by atoms with Gasteiger partial charge in [0.05, 0.1) is 5.69 Å². The number of fused-ring (bicyclic) bond motifs is 2. The number of hydrogen-bond donors (Lipinski definition) is 1. The maximum absolute atomic E-state index is 13.3. The van der Waals surface area contributed by atoms with Crippen molar-refractivity contribution in [2.24, 2.45) is 0 Å². The van der Waals surface area contributed by atoms with Gasteiger partial charge in [-0.05, 0) is 30.5 Å². The van der Waals surface area contributed by atoms with E-state index in [0.29, 0.717) is 45.1 Å². The van der Waals surface area contributed by atoms with Crippen LogP contribution in [0.1, 0.15) is 0 Å². The van der Waals surface area contributed by atoms with Crippen LogP contribution in [-0.2, 0) is 11.3 Å². The Labute approximate surface area is 195 Å². The minimum absolute atomic E-state index is 0.198. The Morgan fingerprint density at radius 1 is 1.12 bits per heavy atom. The molecule has 0 radical (unpaired) electrons. The fourth-order valence-corrected chi connectivity index (χ4v) is 5.01. The topological polar surface area (TPSA) is 104 Å². The molecule has 168 valence electrons. The van der Waals surface area contributed by atoms with Gasteiger partial charge < -0.3 is 14.8 Å². The zero-order valence-electron chi connectivity index (χ0n) is 17.4. The van der Waals surface area contributed by atoms with Gasteiger partial charge in [0.15, 0.2) is 21.5 Å². The number of thioether (sulfide) groups is 1. The molecule has 0 atom stereocenters. The fraction of sp³-hybridized carbons (Fsp3) is 0.182. The molecule has 0 fully saturated rings. The average Bonchev–Trinajstić information content (AvgIpc) is 3.27. The van der Waals surface area contributed by atoms with E-state index < -0.39 is 17.2 Å². The lowest BCUT2D eigenvalue weighted by atomic mass is 10.2. The number of nitrogens with zero attached hydrogens (tertiary/aromatic N) is 3. The SMILES string of the molecule is CSc1nc2c(s1)c(=O)n(-c1ccccc1)c(=O)n2CC(=O)Nc1ccc2c(c1)OCCO2. The molecule has 0 aliphatic carbocycles. The van der Waals surface area contributed by atoms with E-state index in [-0.39, 0.29) is 12.2 Å². The van der Waals surface area contributed by atoms with E-state index in [1.165, 1.54) is 27.7 Å². The van der Waals surface area contributed by atoms with E-state index in [4.69, 9.17) is 9.47 Å². The molecule has 0 unspecified atom stereocenters. The molecule has 4 aromatic rings. The monoisotopic (exact) mass is 482 g/mol. The Bertz CT molecular complexity index is 1480. The van der Waals surface area contributed by atoms with Gasteiger partial charge in [0.2, 0.25) is 5.91 Å². The number of aromatic nitrogens is 3. The van der Waals surface area contributed by atoms with E-state index in [0.717, 1.165) is 4.57 Å². The Kier molecular flexibility index (Phi) is 5.65. The van der Waals surface area contributed by atoms with Gasteiger partial charge in [0.1, 0.15) is 24.5 Å². The summed E-state index contributed by atoms with van der Waals surface area (Å²) >= 11 is 2.57. The fourth-order valence-electron chi connectivity index (χ4n) is 3.51. The third-order valence-electron chi connectivity index (χ3n) is 4.98. The first kappa shape index (κ1) is 21.3. The smallest absolute Gasteiger partial charge is 0.337 e. The highest BCUT2D eigenvalue weighted by Crippen LogP contribution is 2.32. The van der Waals surface area contributed by atoms with Gasteiger partial charge in [0, 0.05) is 11.8 Å². The Balaban J connectivity index is 1.54. The van der Waals surface area contributed by atoms with Gasteiger partial charge >= 0.3 is 5.69 Å². The summed E-state index contributed by atoms with van der Waals surface area (Å²) in [6, 6.07) is 13.7.